The second kappa shape index (κ2) is 8.47. The van der Waals surface area contributed by atoms with Gasteiger partial charge < -0.3 is 15.0 Å². The van der Waals surface area contributed by atoms with Gasteiger partial charge in [-0.25, -0.2) is 0 Å². The number of hydrogen-bond donors (Lipinski definition) is 1. The molecule has 6 heteroatoms. The van der Waals surface area contributed by atoms with Crippen molar-refractivity contribution in [1.29, 1.82) is 0 Å². The van der Waals surface area contributed by atoms with Crippen LogP contribution in [0.15, 0.2) is 24.3 Å². The lowest BCUT2D eigenvalue weighted by Crippen LogP contribution is -2.50. The minimum absolute atomic E-state index is 0. The average Bonchev–Trinajstić information content (AvgIpc) is 2.35. The summed E-state index contributed by atoms with van der Waals surface area (Å²) < 4.78 is 5.60. The van der Waals surface area contributed by atoms with E-state index in [1.807, 2.05) is 26.1 Å². The average molecular weight is 333 g/mol. The minimum atomic E-state index is 0. The predicted molar refractivity (Wildman–Crippen MR) is 87.4 cm³/mol. The molecule has 1 N–H and O–H groups in total. The summed E-state index contributed by atoms with van der Waals surface area (Å²) in [4.78, 5) is 13.9. The van der Waals surface area contributed by atoms with Gasteiger partial charge in [0.15, 0.2) is 0 Å². The SMILES string of the molecule is CC(C(=O)N(C)CCOc1cccc(Cl)c1)C1CNC1.Cl. The number of hydrogen-bond acceptors (Lipinski definition) is 3. The topological polar surface area (TPSA) is 41.6 Å². The number of ether oxygens (including phenoxy) is 1. The molecular formula is C15H22Cl2N2O2. The standard InChI is InChI=1S/C15H21ClN2O2.ClH/c1-11(12-9-17-10-12)15(19)18(2)6-7-20-14-5-3-4-13(16)8-14;/h3-5,8,11-12,17H,6-7,9-10H2,1-2H3;1H. The van der Waals surface area contributed by atoms with Gasteiger partial charge in [0.05, 0.1) is 6.54 Å². The van der Waals surface area contributed by atoms with Crippen molar-refractivity contribution < 1.29 is 9.53 Å². The third-order valence-corrected chi connectivity index (χ3v) is 4.01. The van der Waals surface area contributed by atoms with E-state index >= 15 is 0 Å². The molecule has 118 valence electrons. The highest BCUT2D eigenvalue weighted by Gasteiger charge is 2.30. The van der Waals surface area contributed by atoms with Crippen LogP contribution in [0.3, 0.4) is 0 Å². The normalized spacial score (nSPS) is 15.6. The molecule has 2 rings (SSSR count). The molecule has 1 aliphatic heterocycles. The van der Waals surface area contributed by atoms with Gasteiger partial charge in [-0.15, -0.1) is 12.4 Å². The van der Waals surface area contributed by atoms with Gasteiger partial charge in [0.2, 0.25) is 5.91 Å². The summed E-state index contributed by atoms with van der Waals surface area (Å²) in [5.74, 6) is 1.46. The van der Waals surface area contributed by atoms with Crippen molar-refractivity contribution in [3.8, 4) is 5.75 Å². The maximum atomic E-state index is 12.2. The number of nitrogens with zero attached hydrogens (tertiary/aromatic N) is 1. The summed E-state index contributed by atoms with van der Waals surface area (Å²) in [6.07, 6.45) is 0. The van der Waals surface area contributed by atoms with Crippen molar-refractivity contribution >= 4 is 29.9 Å². The molecule has 4 nitrogen and oxygen atoms in total. The van der Waals surface area contributed by atoms with E-state index in [-0.39, 0.29) is 24.2 Å². The van der Waals surface area contributed by atoms with Crippen molar-refractivity contribution in [3.05, 3.63) is 29.3 Å². The van der Waals surface area contributed by atoms with Crippen LogP contribution in [0.1, 0.15) is 6.92 Å². The van der Waals surface area contributed by atoms with Crippen LogP contribution in [-0.4, -0.2) is 44.1 Å². The molecule has 1 amide bonds. The van der Waals surface area contributed by atoms with Crippen molar-refractivity contribution in [1.82, 2.24) is 10.2 Å². The second-order valence-corrected chi connectivity index (χ2v) is 5.71. The number of carbonyl (C=O) groups excluding carboxylic acids is 1. The van der Waals surface area contributed by atoms with Gasteiger partial charge in [-0.05, 0) is 37.2 Å². The highest BCUT2D eigenvalue weighted by atomic mass is 35.5. The molecule has 1 atom stereocenters. The third kappa shape index (κ3) is 5.06. The van der Waals surface area contributed by atoms with Crippen molar-refractivity contribution in [2.45, 2.75) is 6.92 Å². The van der Waals surface area contributed by atoms with Crippen LogP contribution in [0.4, 0.5) is 0 Å². The molecule has 1 saturated heterocycles. The van der Waals surface area contributed by atoms with E-state index in [0.717, 1.165) is 18.8 Å². The van der Waals surface area contributed by atoms with Gasteiger partial charge in [0.25, 0.3) is 0 Å². The molecule has 0 aromatic heterocycles. The molecule has 1 aromatic carbocycles. The fourth-order valence-corrected chi connectivity index (χ4v) is 2.36. The first kappa shape index (κ1) is 18.1. The lowest BCUT2D eigenvalue weighted by Gasteiger charge is -2.33. The largest absolute Gasteiger partial charge is 0.492 e. The molecule has 1 aliphatic rings. The van der Waals surface area contributed by atoms with Gasteiger partial charge in [0, 0.05) is 18.0 Å². The van der Waals surface area contributed by atoms with E-state index in [9.17, 15) is 4.79 Å². The van der Waals surface area contributed by atoms with Gasteiger partial charge in [0.1, 0.15) is 12.4 Å². The highest BCUT2D eigenvalue weighted by molar-refractivity contribution is 6.30. The summed E-state index contributed by atoms with van der Waals surface area (Å²) in [6.45, 7) is 4.94. The lowest BCUT2D eigenvalue weighted by atomic mass is 9.88. The molecular weight excluding hydrogens is 311 g/mol. The molecule has 0 saturated carbocycles. The Hall–Kier alpha value is -0.970. The minimum Gasteiger partial charge on any atom is -0.492 e. The van der Waals surface area contributed by atoms with E-state index in [0.29, 0.717) is 24.1 Å². The van der Waals surface area contributed by atoms with Crippen molar-refractivity contribution in [3.63, 3.8) is 0 Å². The Bertz CT molecular complexity index is 467. The van der Waals surface area contributed by atoms with Crippen LogP contribution < -0.4 is 10.1 Å². The Balaban J connectivity index is 0.00000220. The molecule has 0 radical (unpaired) electrons. The maximum Gasteiger partial charge on any atom is 0.225 e. The molecule has 1 aromatic rings. The zero-order valence-corrected chi connectivity index (χ0v) is 13.9. The Morgan fingerprint density at radius 3 is 2.81 bits per heavy atom. The molecule has 0 spiro atoms. The second-order valence-electron chi connectivity index (χ2n) is 5.27. The lowest BCUT2D eigenvalue weighted by molar-refractivity contribution is -0.136. The number of nitrogens with one attached hydrogen (secondary N) is 1. The molecule has 1 heterocycles. The highest BCUT2D eigenvalue weighted by Crippen LogP contribution is 2.19. The summed E-state index contributed by atoms with van der Waals surface area (Å²) >= 11 is 5.89. The van der Waals surface area contributed by atoms with E-state index < -0.39 is 0 Å². The van der Waals surface area contributed by atoms with Crippen LogP contribution in [0.25, 0.3) is 0 Å². The zero-order valence-electron chi connectivity index (χ0n) is 12.3. The smallest absolute Gasteiger partial charge is 0.225 e. The fourth-order valence-electron chi connectivity index (χ4n) is 2.18. The van der Waals surface area contributed by atoms with Gasteiger partial charge >= 0.3 is 0 Å². The van der Waals surface area contributed by atoms with Crippen LogP contribution >= 0.6 is 24.0 Å². The Morgan fingerprint density at radius 1 is 1.52 bits per heavy atom. The van der Waals surface area contributed by atoms with E-state index in [2.05, 4.69) is 5.32 Å². The van der Waals surface area contributed by atoms with Crippen LogP contribution in [0.5, 0.6) is 5.75 Å². The number of carbonyl (C=O) groups is 1. The van der Waals surface area contributed by atoms with E-state index in [1.165, 1.54) is 0 Å². The zero-order chi connectivity index (χ0) is 14.5. The fraction of sp³-hybridized carbons (Fsp3) is 0.533. The monoisotopic (exact) mass is 332 g/mol. The van der Waals surface area contributed by atoms with E-state index in [1.54, 1.807) is 17.0 Å². The maximum absolute atomic E-state index is 12.2. The first-order valence-electron chi connectivity index (χ1n) is 6.92. The summed E-state index contributed by atoms with van der Waals surface area (Å²) in [5, 5.41) is 3.85. The van der Waals surface area contributed by atoms with Crippen LogP contribution in [-0.2, 0) is 4.79 Å². The van der Waals surface area contributed by atoms with Crippen molar-refractivity contribution in [2.75, 3.05) is 33.3 Å². The molecule has 0 aliphatic carbocycles. The molecule has 0 bridgehead atoms. The number of halogens is 2. The summed E-state index contributed by atoms with van der Waals surface area (Å²) in [5.41, 5.74) is 0. The summed E-state index contributed by atoms with van der Waals surface area (Å²) in [6, 6.07) is 7.28. The van der Waals surface area contributed by atoms with E-state index in [4.69, 9.17) is 16.3 Å². The number of rotatable bonds is 6. The third-order valence-electron chi connectivity index (χ3n) is 3.78. The quantitative estimate of drug-likeness (QED) is 0.870. The van der Waals surface area contributed by atoms with Gasteiger partial charge in [-0.1, -0.05) is 24.6 Å². The predicted octanol–water partition coefficient (Wildman–Crippen LogP) is 2.45. The summed E-state index contributed by atoms with van der Waals surface area (Å²) in [7, 11) is 1.83. The van der Waals surface area contributed by atoms with Crippen LogP contribution in [0.2, 0.25) is 5.02 Å². The molecule has 1 fully saturated rings. The Morgan fingerprint density at radius 2 is 2.24 bits per heavy atom. The van der Waals surface area contributed by atoms with Crippen LogP contribution in [0, 0.1) is 11.8 Å². The Labute approximate surface area is 137 Å². The first-order chi connectivity index (χ1) is 9.58. The molecule has 1 unspecified atom stereocenters. The van der Waals surface area contributed by atoms with Crippen molar-refractivity contribution in [2.24, 2.45) is 11.8 Å². The number of amides is 1. The number of likely N-dealkylation sites (N-methyl/N-ethyl adjacent to an activating group) is 1. The number of benzene rings is 1. The van der Waals surface area contributed by atoms with Gasteiger partial charge in [-0.3, -0.25) is 4.79 Å². The first-order valence-corrected chi connectivity index (χ1v) is 7.30. The molecule has 21 heavy (non-hydrogen) atoms. The Kier molecular flexibility index (Phi) is 7.29. The van der Waals surface area contributed by atoms with Gasteiger partial charge in [-0.2, -0.15) is 0 Å².